The minimum absolute atomic E-state index is 0.286. The van der Waals surface area contributed by atoms with Gasteiger partial charge in [-0.2, -0.15) is 0 Å². The first-order valence-corrected chi connectivity index (χ1v) is 11.1. The maximum absolute atomic E-state index is 11.4. The number of hydrogen-bond acceptors (Lipinski definition) is 5. The minimum atomic E-state index is -3.18. The highest BCUT2D eigenvalue weighted by Gasteiger charge is 2.06. The third-order valence-corrected chi connectivity index (χ3v) is 5.56. The Morgan fingerprint density at radius 3 is 2.46 bits per heavy atom. The van der Waals surface area contributed by atoms with Crippen LogP contribution in [0.2, 0.25) is 0 Å². The van der Waals surface area contributed by atoms with Gasteiger partial charge in [-0.25, -0.2) is 13.4 Å². The van der Waals surface area contributed by atoms with Crippen LogP contribution in [0, 0.1) is 6.92 Å². The molecular weight excluding hydrogens is 370 g/mol. The van der Waals surface area contributed by atoms with Crippen molar-refractivity contribution in [3.63, 3.8) is 0 Å². The van der Waals surface area contributed by atoms with Crippen LogP contribution in [0.5, 0.6) is 5.75 Å². The van der Waals surface area contributed by atoms with Gasteiger partial charge in [-0.15, -0.1) is 11.3 Å². The zero-order chi connectivity index (χ0) is 19.0. The number of thiophene rings is 1. The van der Waals surface area contributed by atoms with Crippen LogP contribution in [-0.2, 0) is 16.4 Å². The molecule has 0 fully saturated rings. The molecule has 1 aromatic heterocycles. The van der Waals surface area contributed by atoms with Crippen molar-refractivity contribution in [2.24, 2.45) is 4.99 Å². The monoisotopic (exact) mass is 395 g/mol. The molecule has 0 radical (unpaired) electrons. The highest BCUT2D eigenvalue weighted by molar-refractivity contribution is 7.90. The number of aryl methyl sites for hydroxylation is 1. The van der Waals surface area contributed by atoms with E-state index in [2.05, 4.69) is 34.7 Å². The Morgan fingerprint density at radius 2 is 1.88 bits per heavy atom. The van der Waals surface area contributed by atoms with Gasteiger partial charge in [0.1, 0.15) is 12.4 Å². The summed E-state index contributed by atoms with van der Waals surface area (Å²) in [7, 11) is -3.18. The molecule has 0 bridgehead atoms. The van der Waals surface area contributed by atoms with Gasteiger partial charge in [0.2, 0.25) is 0 Å². The summed E-state index contributed by atoms with van der Waals surface area (Å²) in [6, 6.07) is 10.6. The van der Waals surface area contributed by atoms with Crippen LogP contribution in [0.4, 0.5) is 0 Å². The molecule has 0 unspecified atom stereocenters. The Morgan fingerprint density at radius 1 is 1.15 bits per heavy atom. The zero-order valence-corrected chi connectivity index (χ0v) is 16.9. The second-order valence-electron chi connectivity index (χ2n) is 5.73. The quantitative estimate of drug-likeness (QED) is 0.408. The molecule has 2 N–H and O–H groups in total. The van der Waals surface area contributed by atoms with Crippen LogP contribution in [0.3, 0.4) is 0 Å². The molecule has 8 heteroatoms. The zero-order valence-electron chi connectivity index (χ0n) is 15.3. The number of nitrogens with zero attached hydrogens (tertiary/aromatic N) is 1. The molecule has 0 spiro atoms. The molecule has 0 aliphatic carbocycles. The topological polar surface area (TPSA) is 79.8 Å². The van der Waals surface area contributed by atoms with Gasteiger partial charge in [0.25, 0.3) is 0 Å². The van der Waals surface area contributed by atoms with E-state index in [1.165, 1.54) is 16.0 Å². The predicted molar refractivity (Wildman–Crippen MR) is 107 cm³/mol. The number of hydrogen-bond donors (Lipinski definition) is 2. The van der Waals surface area contributed by atoms with Crippen molar-refractivity contribution >= 4 is 27.1 Å². The lowest BCUT2D eigenvalue weighted by atomic mass is 10.3. The van der Waals surface area contributed by atoms with Crippen molar-refractivity contribution in [1.29, 1.82) is 0 Å². The summed E-state index contributed by atoms with van der Waals surface area (Å²) in [5.41, 5.74) is 0. The minimum Gasteiger partial charge on any atom is -0.492 e. The van der Waals surface area contributed by atoms with E-state index in [1.54, 1.807) is 35.6 Å². The van der Waals surface area contributed by atoms with E-state index in [4.69, 9.17) is 4.74 Å². The Hall–Kier alpha value is -2.06. The van der Waals surface area contributed by atoms with Gasteiger partial charge in [0.15, 0.2) is 15.8 Å². The SMILES string of the molecule is CCNC(=NCc1ccc(C)s1)NCCOc1ccc(S(C)(=O)=O)cc1. The Labute approximate surface area is 159 Å². The molecule has 0 aliphatic rings. The molecule has 1 aromatic carbocycles. The summed E-state index contributed by atoms with van der Waals surface area (Å²) in [5, 5.41) is 6.43. The lowest BCUT2D eigenvalue weighted by molar-refractivity contribution is 0.321. The van der Waals surface area contributed by atoms with E-state index >= 15 is 0 Å². The molecular formula is C18H25N3O3S2. The number of ether oxygens (including phenoxy) is 1. The maximum Gasteiger partial charge on any atom is 0.191 e. The first-order valence-electron chi connectivity index (χ1n) is 8.39. The number of sulfone groups is 1. The Bertz CT molecular complexity index is 828. The van der Waals surface area contributed by atoms with E-state index in [0.29, 0.717) is 25.4 Å². The van der Waals surface area contributed by atoms with Gasteiger partial charge in [0, 0.05) is 22.6 Å². The average molecular weight is 396 g/mol. The number of guanidine groups is 1. The summed E-state index contributed by atoms with van der Waals surface area (Å²) in [6.07, 6.45) is 1.19. The molecule has 142 valence electrons. The van der Waals surface area contributed by atoms with Crippen LogP contribution >= 0.6 is 11.3 Å². The molecule has 0 atom stereocenters. The van der Waals surface area contributed by atoms with E-state index in [1.807, 2.05) is 6.92 Å². The second-order valence-corrected chi connectivity index (χ2v) is 9.11. The molecule has 2 aromatic rings. The number of nitrogens with one attached hydrogen (secondary N) is 2. The molecule has 0 saturated heterocycles. The molecule has 26 heavy (non-hydrogen) atoms. The maximum atomic E-state index is 11.4. The normalized spacial score (nSPS) is 12.0. The van der Waals surface area contributed by atoms with Crippen LogP contribution in [-0.4, -0.2) is 40.3 Å². The average Bonchev–Trinajstić information content (AvgIpc) is 3.01. The smallest absolute Gasteiger partial charge is 0.191 e. The molecule has 6 nitrogen and oxygen atoms in total. The Kier molecular flexibility index (Phi) is 7.47. The first-order chi connectivity index (χ1) is 12.4. The molecule has 0 amide bonds. The molecule has 0 saturated carbocycles. The summed E-state index contributed by atoms with van der Waals surface area (Å²) in [6.45, 7) is 6.56. The van der Waals surface area contributed by atoms with Gasteiger partial charge < -0.3 is 15.4 Å². The summed E-state index contributed by atoms with van der Waals surface area (Å²) in [4.78, 5) is 7.35. The first kappa shape index (κ1) is 20.3. The highest BCUT2D eigenvalue weighted by Crippen LogP contribution is 2.16. The van der Waals surface area contributed by atoms with Gasteiger partial charge in [0.05, 0.1) is 18.0 Å². The van der Waals surface area contributed by atoms with Crippen molar-refractivity contribution < 1.29 is 13.2 Å². The Balaban J connectivity index is 1.80. The summed E-state index contributed by atoms with van der Waals surface area (Å²) in [5.74, 6) is 1.38. The lowest BCUT2D eigenvalue weighted by Crippen LogP contribution is -2.39. The molecule has 0 aliphatic heterocycles. The van der Waals surface area contributed by atoms with E-state index < -0.39 is 9.84 Å². The van der Waals surface area contributed by atoms with Gasteiger partial charge in [-0.05, 0) is 50.2 Å². The summed E-state index contributed by atoms with van der Waals surface area (Å²) < 4.78 is 28.5. The number of benzene rings is 1. The number of rotatable bonds is 8. The van der Waals surface area contributed by atoms with Crippen LogP contribution in [0.25, 0.3) is 0 Å². The molecule has 2 rings (SSSR count). The summed E-state index contributed by atoms with van der Waals surface area (Å²) >= 11 is 1.75. The second kappa shape index (κ2) is 9.59. The van der Waals surface area contributed by atoms with Gasteiger partial charge >= 0.3 is 0 Å². The van der Waals surface area contributed by atoms with Crippen molar-refractivity contribution in [2.45, 2.75) is 25.3 Å². The van der Waals surface area contributed by atoms with Crippen LogP contribution in [0.1, 0.15) is 16.7 Å². The highest BCUT2D eigenvalue weighted by atomic mass is 32.2. The van der Waals surface area contributed by atoms with Crippen LogP contribution in [0.15, 0.2) is 46.3 Å². The predicted octanol–water partition coefficient (Wildman–Crippen LogP) is 2.59. The molecule has 1 heterocycles. The van der Waals surface area contributed by atoms with E-state index in [9.17, 15) is 8.42 Å². The standard InChI is InChI=1S/C18H25N3O3S2/c1-4-19-18(21-13-16-8-5-14(2)25-16)20-11-12-24-15-6-9-17(10-7-15)26(3,22)23/h5-10H,4,11-13H2,1-3H3,(H2,19,20,21). The van der Waals surface area contributed by atoms with Crippen molar-refractivity contribution in [2.75, 3.05) is 26.0 Å². The third kappa shape index (κ3) is 6.68. The fraction of sp³-hybridized carbons (Fsp3) is 0.389. The number of aliphatic imine (C=N–C) groups is 1. The third-order valence-electron chi connectivity index (χ3n) is 3.45. The van der Waals surface area contributed by atoms with Gasteiger partial charge in [-0.3, -0.25) is 0 Å². The van der Waals surface area contributed by atoms with Crippen molar-refractivity contribution in [3.8, 4) is 5.75 Å². The fourth-order valence-electron chi connectivity index (χ4n) is 2.19. The largest absolute Gasteiger partial charge is 0.492 e. The fourth-order valence-corrected chi connectivity index (χ4v) is 3.64. The van der Waals surface area contributed by atoms with Gasteiger partial charge in [-0.1, -0.05) is 0 Å². The lowest BCUT2D eigenvalue weighted by Gasteiger charge is -2.12. The van der Waals surface area contributed by atoms with E-state index in [-0.39, 0.29) is 4.90 Å². The van der Waals surface area contributed by atoms with Crippen LogP contribution < -0.4 is 15.4 Å². The van der Waals surface area contributed by atoms with Crippen molar-refractivity contribution in [1.82, 2.24) is 10.6 Å². The van der Waals surface area contributed by atoms with Crippen molar-refractivity contribution in [3.05, 3.63) is 46.2 Å². The van der Waals surface area contributed by atoms with E-state index in [0.717, 1.165) is 12.5 Å².